The van der Waals surface area contributed by atoms with Crippen molar-refractivity contribution in [2.45, 2.75) is 38.0 Å². The molecule has 0 aromatic carbocycles. The summed E-state index contributed by atoms with van der Waals surface area (Å²) < 4.78 is 43.7. The summed E-state index contributed by atoms with van der Waals surface area (Å²) in [6.07, 6.45) is -2.62. The van der Waals surface area contributed by atoms with E-state index in [0.29, 0.717) is 19.8 Å². The average molecular weight is 254 g/mol. The zero-order chi connectivity index (χ0) is 13.1. The molecule has 1 heterocycles. The molecule has 2 atom stereocenters. The maximum absolute atomic E-state index is 12.8. The Morgan fingerprint density at radius 2 is 1.88 bits per heavy atom. The van der Waals surface area contributed by atoms with Gasteiger partial charge in [-0.3, -0.25) is 4.90 Å². The zero-order valence-corrected chi connectivity index (χ0v) is 10.3. The van der Waals surface area contributed by atoms with E-state index in [1.54, 1.807) is 0 Å². The normalized spacial score (nSPS) is 22.8. The van der Waals surface area contributed by atoms with Gasteiger partial charge < -0.3 is 10.5 Å². The molecule has 0 aromatic heterocycles. The second kappa shape index (κ2) is 6.02. The summed E-state index contributed by atoms with van der Waals surface area (Å²) in [6, 6.07) is -2.48. The first-order valence-electron chi connectivity index (χ1n) is 5.92. The van der Waals surface area contributed by atoms with Crippen molar-refractivity contribution in [2.75, 3.05) is 26.8 Å². The summed E-state index contributed by atoms with van der Waals surface area (Å²) in [6.45, 7) is 3.12. The fourth-order valence-electron chi connectivity index (χ4n) is 2.40. The number of halogens is 3. The summed E-state index contributed by atoms with van der Waals surface area (Å²) in [5.74, 6) is 0.275. The fourth-order valence-corrected chi connectivity index (χ4v) is 2.40. The lowest BCUT2D eigenvalue weighted by Crippen LogP contribution is -2.54. The van der Waals surface area contributed by atoms with Crippen LogP contribution in [0.1, 0.15) is 19.8 Å². The Balaban J connectivity index is 2.55. The Labute approximate surface area is 100 Å². The largest absolute Gasteiger partial charge is 0.405 e. The minimum Gasteiger partial charge on any atom is -0.381 e. The number of ether oxygens (including phenoxy) is 1. The summed E-state index contributed by atoms with van der Waals surface area (Å²) in [5, 5.41) is 0. The van der Waals surface area contributed by atoms with Crippen molar-refractivity contribution < 1.29 is 17.9 Å². The Morgan fingerprint density at radius 3 is 2.29 bits per heavy atom. The Hall–Kier alpha value is -0.330. The van der Waals surface area contributed by atoms with E-state index < -0.39 is 18.3 Å². The second-order valence-electron chi connectivity index (χ2n) is 4.84. The Kier molecular flexibility index (Phi) is 5.22. The summed E-state index contributed by atoms with van der Waals surface area (Å²) in [7, 11) is 1.50. The van der Waals surface area contributed by atoms with Gasteiger partial charge in [0.05, 0.1) is 0 Å². The quantitative estimate of drug-likeness (QED) is 0.828. The molecule has 2 N–H and O–H groups in total. The van der Waals surface area contributed by atoms with E-state index >= 15 is 0 Å². The lowest BCUT2D eigenvalue weighted by Gasteiger charge is -2.35. The highest BCUT2D eigenvalue weighted by Gasteiger charge is 2.44. The molecule has 1 rings (SSSR count). The predicted octanol–water partition coefficient (Wildman–Crippen LogP) is 1.62. The van der Waals surface area contributed by atoms with Crippen LogP contribution in [0.2, 0.25) is 0 Å². The molecule has 1 aliphatic rings. The van der Waals surface area contributed by atoms with Crippen LogP contribution in [-0.2, 0) is 4.74 Å². The molecule has 0 spiro atoms. The van der Waals surface area contributed by atoms with Crippen LogP contribution < -0.4 is 5.73 Å². The maximum Gasteiger partial charge on any atom is 0.405 e. The number of alkyl halides is 3. The van der Waals surface area contributed by atoms with Gasteiger partial charge in [-0.15, -0.1) is 0 Å². The van der Waals surface area contributed by atoms with Crippen LogP contribution in [0.5, 0.6) is 0 Å². The molecule has 1 aliphatic heterocycles. The maximum atomic E-state index is 12.8. The molecule has 0 saturated carbocycles. The molecule has 0 bridgehead atoms. The van der Waals surface area contributed by atoms with E-state index in [1.807, 2.05) is 0 Å². The van der Waals surface area contributed by atoms with E-state index in [2.05, 4.69) is 0 Å². The molecule has 0 aliphatic carbocycles. The third kappa shape index (κ3) is 4.44. The number of likely N-dealkylation sites (N-methyl/N-ethyl adjacent to an activating group) is 1. The van der Waals surface area contributed by atoms with Gasteiger partial charge in [-0.1, -0.05) is 0 Å². The van der Waals surface area contributed by atoms with Crippen molar-refractivity contribution in [3.63, 3.8) is 0 Å². The number of nitrogens with two attached hydrogens (primary N) is 1. The van der Waals surface area contributed by atoms with Gasteiger partial charge in [0.15, 0.2) is 0 Å². The Bertz CT molecular complexity index is 227. The third-order valence-electron chi connectivity index (χ3n) is 3.20. The number of nitrogens with zero attached hydrogens (tertiary/aromatic N) is 1. The van der Waals surface area contributed by atoms with E-state index in [0.717, 1.165) is 12.8 Å². The molecule has 1 fully saturated rings. The number of rotatable bonds is 4. The second-order valence-corrected chi connectivity index (χ2v) is 4.84. The molecule has 102 valence electrons. The van der Waals surface area contributed by atoms with Crippen LogP contribution in [0.25, 0.3) is 0 Å². The SMILES string of the molecule is CC(N)C(N(C)CC1CCOCC1)C(F)(F)F. The van der Waals surface area contributed by atoms with E-state index in [-0.39, 0.29) is 5.92 Å². The third-order valence-corrected chi connectivity index (χ3v) is 3.20. The Morgan fingerprint density at radius 1 is 1.35 bits per heavy atom. The first-order chi connectivity index (χ1) is 7.82. The molecular formula is C11H21F3N2O. The van der Waals surface area contributed by atoms with Gasteiger partial charge in [-0.25, -0.2) is 0 Å². The lowest BCUT2D eigenvalue weighted by molar-refractivity contribution is -0.186. The van der Waals surface area contributed by atoms with Gasteiger partial charge in [0.25, 0.3) is 0 Å². The van der Waals surface area contributed by atoms with Crippen molar-refractivity contribution in [1.29, 1.82) is 0 Å². The van der Waals surface area contributed by atoms with Gasteiger partial charge in [-0.2, -0.15) is 13.2 Å². The van der Waals surface area contributed by atoms with Crippen LogP contribution in [0, 0.1) is 5.92 Å². The molecule has 6 heteroatoms. The van der Waals surface area contributed by atoms with E-state index in [1.165, 1.54) is 18.9 Å². The first-order valence-corrected chi connectivity index (χ1v) is 5.92. The van der Waals surface area contributed by atoms with Gasteiger partial charge in [0.2, 0.25) is 0 Å². The predicted molar refractivity (Wildman–Crippen MR) is 59.7 cm³/mol. The molecule has 2 unspecified atom stereocenters. The van der Waals surface area contributed by atoms with Gasteiger partial charge in [0, 0.05) is 25.8 Å². The van der Waals surface area contributed by atoms with E-state index in [4.69, 9.17) is 10.5 Å². The number of hydrogen-bond donors (Lipinski definition) is 1. The van der Waals surface area contributed by atoms with Crippen molar-refractivity contribution in [2.24, 2.45) is 11.7 Å². The molecule has 0 radical (unpaired) electrons. The standard InChI is InChI=1S/C11H21F3N2O/c1-8(15)10(11(12,13)14)16(2)7-9-3-5-17-6-4-9/h8-10H,3-7,15H2,1-2H3. The minimum atomic E-state index is -4.27. The zero-order valence-electron chi connectivity index (χ0n) is 10.3. The van der Waals surface area contributed by atoms with Crippen LogP contribution >= 0.6 is 0 Å². The highest BCUT2D eigenvalue weighted by molar-refractivity contribution is 4.85. The molecule has 0 amide bonds. The smallest absolute Gasteiger partial charge is 0.381 e. The summed E-state index contributed by atoms with van der Waals surface area (Å²) >= 11 is 0. The van der Waals surface area contributed by atoms with Crippen LogP contribution in [0.15, 0.2) is 0 Å². The lowest BCUT2D eigenvalue weighted by atomic mass is 9.98. The molecular weight excluding hydrogens is 233 g/mol. The van der Waals surface area contributed by atoms with E-state index in [9.17, 15) is 13.2 Å². The monoisotopic (exact) mass is 254 g/mol. The first kappa shape index (κ1) is 14.7. The summed E-state index contributed by atoms with van der Waals surface area (Å²) in [5.41, 5.74) is 5.44. The topological polar surface area (TPSA) is 38.5 Å². The van der Waals surface area contributed by atoms with Crippen molar-refractivity contribution >= 4 is 0 Å². The van der Waals surface area contributed by atoms with Crippen molar-refractivity contribution in [3.8, 4) is 0 Å². The highest BCUT2D eigenvalue weighted by Crippen LogP contribution is 2.27. The van der Waals surface area contributed by atoms with Gasteiger partial charge in [0.1, 0.15) is 6.04 Å². The highest BCUT2D eigenvalue weighted by atomic mass is 19.4. The number of hydrogen-bond acceptors (Lipinski definition) is 3. The van der Waals surface area contributed by atoms with Crippen molar-refractivity contribution in [1.82, 2.24) is 4.90 Å². The fraction of sp³-hybridized carbons (Fsp3) is 1.00. The van der Waals surface area contributed by atoms with Crippen LogP contribution in [-0.4, -0.2) is 50.0 Å². The summed E-state index contributed by atoms with van der Waals surface area (Å²) in [4.78, 5) is 1.33. The minimum absolute atomic E-state index is 0.275. The van der Waals surface area contributed by atoms with Crippen LogP contribution in [0.3, 0.4) is 0 Å². The average Bonchev–Trinajstić information content (AvgIpc) is 2.15. The van der Waals surface area contributed by atoms with Crippen molar-refractivity contribution in [3.05, 3.63) is 0 Å². The van der Waals surface area contributed by atoms with Gasteiger partial charge >= 0.3 is 6.18 Å². The molecule has 0 aromatic rings. The molecule has 3 nitrogen and oxygen atoms in total. The molecule has 17 heavy (non-hydrogen) atoms. The molecule has 1 saturated heterocycles. The van der Waals surface area contributed by atoms with Gasteiger partial charge in [-0.05, 0) is 32.7 Å². The van der Waals surface area contributed by atoms with Crippen LogP contribution in [0.4, 0.5) is 13.2 Å².